The molecule has 0 radical (unpaired) electrons. The van der Waals surface area contributed by atoms with Crippen LogP contribution in [0.15, 0.2) is 60.7 Å². The van der Waals surface area contributed by atoms with E-state index in [1.807, 2.05) is 25.1 Å². The first-order valence-electron chi connectivity index (χ1n) is 11.5. The molecule has 0 aromatic heterocycles. The van der Waals surface area contributed by atoms with Gasteiger partial charge in [-0.15, -0.1) is 0 Å². The summed E-state index contributed by atoms with van der Waals surface area (Å²) in [6.07, 6.45) is 5.62. The maximum Gasteiger partial charge on any atom is 0.336 e. The molecule has 1 saturated heterocycles. The minimum absolute atomic E-state index is 0.00737. The maximum absolute atomic E-state index is 13.5. The molecule has 0 bridgehead atoms. The Morgan fingerprint density at radius 3 is 2.66 bits per heavy atom. The second-order valence-corrected chi connectivity index (χ2v) is 8.75. The molecule has 35 heavy (non-hydrogen) atoms. The topological polar surface area (TPSA) is 85.2 Å². The Morgan fingerprint density at radius 2 is 2.00 bits per heavy atom. The molecule has 0 saturated carbocycles. The van der Waals surface area contributed by atoms with Gasteiger partial charge in [-0.05, 0) is 65.2 Å². The first-order chi connectivity index (χ1) is 16.9. The predicted molar refractivity (Wildman–Crippen MR) is 131 cm³/mol. The number of carboxylic acids is 1. The first kappa shape index (κ1) is 24.9. The molecule has 3 aromatic carbocycles. The fraction of sp³-hybridized carbons (Fsp3) is 0.321. The number of hydrogen-bond acceptors (Lipinski definition) is 5. The lowest BCUT2D eigenvalue weighted by Crippen LogP contribution is -2.39. The van der Waals surface area contributed by atoms with Crippen LogP contribution in [0, 0.1) is 5.82 Å². The third kappa shape index (κ3) is 5.37. The van der Waals surface area contributed by atoms with Crippen LogP contribution in [-0.4, -0.2) is 48.2 Å². The van der Waals surface area contributed by atoms with Crippen LogP contribution in [-0.2, 0) is 16.1 Å². The lowest BCUT2D eigenvalue weighted by atomic mass is 9.89. The molecule has 184 valence electrons. The third-order valence-corrected chi connectivity index (χ3v) is 6.48. The number of ether oxygens (including phenoxy) is 3. The van der Waals surface area contributed by atoms with Crippen LogP contribution >= 0.6 is 0 Å². The van der Waals surface area contributed by atoms with Gasteiger partial charge in [-0.2, -0.15) is 0 Å². The van der Waals surface area contributed by atoms with Crippen LogP contribution in [0.4, 0.5) is 4.39 Å². The van der Waals surface area contributed by atoms with Gasteiger partial charge in [-0.1, -0.05) is 24.3 Å². The minimum Gasteiger partial charge on any atom is -0.490 e. The van der Waals surface area contributed by atoms with Crippen LogP contribution in [0.25, 0.3) is 21.9 Å². The largest absolute Gasteiger partial charge is 0.490 e. The van der Waals surface area contributed by atoms with E-state index in [0.717, 1.165) is 18.2 Å². The van der Waals surface area contributed by atoms with Crippen molar-refractivity contribution in [3.05, 3.63) is 77.6 Å². The van der Waals surface area contributed by atoms with Crippen molar-refractivity contribution in [3.8, 4) is 16.9 Å². The number of halogens is 1. The van der Waals surface area contributed by atoms with Crippen LogP contribution in [0.5, 0.6) is 5.75 Å². The number of carboxylic acid groups (broad SMARTS) is 1. The average molecular weight is 481 g/mol. The van der Waals surface area contributed by atoms with Gasteiger partial charge >= 0.3 is 5.97 Å². The van der Waals surface area contributed by atoms with E-state index in [9.17, 15) is 19.4 Å². The highest BCUT2D eigenvalue weighted by molar-refractivity contribution is 6.05. The standard InChI is InChI=1S/C28H29FO6/c1-18-16-28(33-2,11-13-34-18)10-3-12-35-22-8-9-23-20(14-22)15-24(27(31)32)25(17-30)26(23)19-4-6-21(29)7-5-19/h3-10,14-15,18,30H,11-13,16-17H2,1-2H3,(H,31,32). The lowest BCUT2D eigenvalue weighted by molar-refractivity contribution is -0.0909. The number of aromatic carboxylic acids is 1. The molecule has 2 atom stereocenters. The Kier molecular flexibility index (Phi) is 7.50. The van der Waals surface area contributed by atoms with Crippen molar-refractivity contribution in [2.45, 2.75) is 38.1 Å². The average Bonchev–Trinajstić information content (AvgIpc) is 2.86. The fourth-order valence-corrected chi connectivity index (χ4v) is 4.71. The van der Waals surface area contributed by atoms with E-state index in [1.54, 1.807) is 31.4 Å². The van der Waals surface area contributed by atoms with Crippen LogP contribution < -0.4 is 4.74 Å². The van der Waals surface area contributed by atoms with Crippen molar-refractivity contribution in [1.29, 1.82) is 0 Å². The summed E-state index contributed by atoms with van der Waals surface area (Å²) in [5.41, 5.74) is 1.09. The summed E-state index contributed by atoms with van der Waals surface area (Å²) in [7, 11) is 1.70. The number of rotatable bonds is 8. The van der Waals surface area contributed by atoms with E-state index >= 15 is 0 Å². The van der Waals surface area contributed by atoms with Gasteiger partial charge in [-0.3, -0.25) is 0 Å². The molecule has 7 heteroatoms. The third-order valence-electron chi connectivity index (χ3n) is 6.48. The first-order valence-corrected chi connectivity index (χ1v) is 11.5. The molecule has 0 amide bonds. The predicted octanol–water partition coefficient (Wildman–Crippen LogP) is 5.36. The Balaban J connectivity index is 1.64. The summed E-state index contributed by atoms with van der Waals surface area (Å²) >= 11 is 0. The molecule has 6 nitrogen and oxygen atoms in total. The molecule has 1 fully saturated rings. The zero-order valence-electron chi connectivity index (χ0n) is 19.8. The monoisotopic (exact) mass is 480 g/mol. The number of carbonyl (C=O) groups is 1. The van der Waals surface area contributed by atoms with Gasteiger partial charge in [0.15, 0.2) is 0 Å². The van der Waals surface area contributed by atoms with E-state index in [-0.39, 0.29) is 22.8 Å². The smallest absolute Gasteiger partial charge is 0.336 e. The van der Waals surface area contributed by atoms with Gasteiger partial charge in [0, 0.05) is 32.1 Å². The van der Waals surface area contributed by atoms with Gasteiger partial charge in [0.25, 0.3) is 0 Å². The molecular weight excluding hydrogens is 451 g/mol. The lowest BCUT2D eigenvalue weighted by Gasteiger charge is -2.36. The molecule has 1 aliphatic rings. The quantitative estimate of drug-likeness (QED) is 0.423. The summed E-state index contributed by atoms with van der Waals surface area (Å²) in [5, 5.41) is 21.2. The molecular formula is C28H29FO6. The molecule has 4 rings (SSSR count). The van der Waals surface area contributed by atoms with E-state index in [0.29, 0.717) is 35.5 Å². The van der Waals surface area contributed by atoms with Gasteiger partial charge in [0.05, 0.1) is 23.9 Å². The summed E-state index contributed by atoms with van der Waals surface area (Å²) in [6, 6.07) is 12.7. The molecule has 2 unspecified atom stereocenters. The van der Waals surface area contributed by atoms with E-state index in [1.165, 1.54) is 18.2 Å². The zero-order valence-corrected chi connectivity index (χ0v) is 19.8. The summed E-state index contributed by atoms with van der Waals surface area (Å²) in [6.45, 7) is 2.53. The Labute approximate surface area is 203 Å². The summed E-state index contributed by atoms with van der Waals surface area (Å²) in [5.74, 6) is -0.969. The van der Waals surface area contributed by atoms with E-state index in [2.05, 4.69) is 0 Å². The number of aliphatic hydroxyl groups is 1. The van der Waals surface area contributed by atoms with Crippen molar-refractivity contribution < 1.29 is 33.6 Å². The molecule has 2 N–H and O–H groups in total. The molecule has 3 aromatic rings. The molecule has 1 aliphatic heterocycles. The highest BCUT2D eigenvalue weighted by atomic mass is 19.1. The fourth-order valence-electron chi connectivity index (χ4n) is 4.71. The second kappa shape index (κ2) is 10.6. The summed E-state index contributed by atoms with van der Waals surface area (Å²) < 4.78 is 30.8. The Hall–Kier alpha value is -3.26. The zero-order chi connectivity index (χ0) is 25.0. The van der Waals surface area contributed by atoms with Crippen molar-refractivity contribution in [2.75, 3.05) is 20.3 Å². The number of methoxy groups -OCH3 is 1. The van der Waals surface area contributed by atoms with Gasteiger partial charge in [0.2, 0.25) is 0 Å². The van der Waals surface area contributed by atoms with Crippen LogP contribution in [0.2, 0.25) is 0 Å². The SMILES string of the molecule is COC1(C=CCOc2ccc3c(-c4ccc(F)cc4)c(CO)c(C(=O)O)cc3c2)CCOC(C)C1. The van der Waals surface area contributed by atoms with Gasteiger partial charge in [0.1, 0.15) is 18.2 Å². The number of benzene rings is 3. The summed E-state index contributed by atoms with van der Waals surface area (Å²) in [4.78, 5) is 12.0. The van der Waals surface area contributed by atoms with Crippen molar-refractivity contribution in [1.82, 2.24) is 0 Å². The normalized spacial score (nSPS) is 20.4. The highest BCUT2D eigenvalue weighted by Crippen LogP contribution is 2.37. The molecule has 1 heterocycles. The van der Waals surface area contributed by atoms with Gasteiger partial charge in [-0.25, -0.2) is 9.18 Å². The maximum atomic E-state index is 13.5. The number of aliphatic hydroxyl groups excluding tert-OH is 1. The van der Waals surface area contributed by atoms with Crippen LogP contribution in [0.3, 0.4) is 0 Å². The minimum atomic E-state index is -1.15. The highest BCUT2D eigenvalue weighted by Gasteiger charge is 2.33. The van der Waals surface area contributed by atoms with Crippen molar-refractivity contribution >= 4 is 16.7 Å². The van der Waals surface area contributed by atoms with Crippen molar-refractivity contribution in [3.63, 3.8) is 0 Å². The Bertz CT molecular complexity index is 1240. The number of hydrogen-bond donors (Lipinski definition) is 2. The van der Waals surface area contributed by atoms with Crippen LogP contribution in [0.1, 0.15) is 35.7 Å². The van der Waals surface area contributed by atoms with E-state index < -0.39 is 18.4 Å². The Morgan fingerprint density at radius 1 is 1.23 bits per heavy atom. The van der Waals surface area contributed by atoms with E-state index in [4.69, 9.17) is 14.2 Å². The molecule has 0 spiro atoms. The second-order valence-electron chi connectivity index (χ2n) is 8.75. The van der Waals surface area contributed by atoms with Gasteiger partial charge < -0.3 is 24.4 Å². The number of fused-ring (bicyclic) bond motifs is 1. The molecule has 0 aliphatic carbocycles. The van der Waals surface area contributed by atoms with Crippen molar-refractivity contribution in [2.24, 2.45) is 0 Å².